The number of ether oxygens (including phenoxy) is 1. The summed E-state index contributed by atoms with van der Waals surface area (Å²) < 4.78 is 5.30. The lowest BCUT2D eigenvalue weighted by Crippen LogP contribution is -2.50. The van der Waals surface area contributed by atoms with Gasteiger partial charge in [-0.3, -0.25) is 4.79 Å². The average Bonchev–Trinajstić information content (AvgIpc) is 3.03. The first-order valence-electron chi connectivity index (χ1n) is 8.63. The maximum Gasteiger partial charge on any atom is 0.417 e. The standard InChI is InChI=1S/C21H19NO6/c1-2-19(24)22(18(11-23)20(25)26)21(27)28-12-17-15-9-5-3-7-13(15)14-8-4-6-10-16(14)17/h2-10,17-18,23H,1,11-12H2,(H,25,26)/t18-/m0/s1. The van der Waals surface area contributed by atoms with Crippen LogP contribution in [0.4, 0.5) is 4.79 Å². The molecule has 0 saturated heterocycles. The summed E-state index contributed by atoms with van der Waals surface area (Å²) in [5.74, 6) is -2.72. The van der Waals surface area contributed by atoms with Gasteiger partial charge in [-0.2, -0.15) is 0 Å². The van der Waals surface area contributed by atoms with Crippen LogP contribution in [0.1, 0.15) is 17.0 Å². The molecule has 28 heavy (non-hydrogen) atoms. The molecule has 0 heterocycles. The highest BCUT2D eigenvalue weighted by atomic mass is 16.6. The molecule has 2 aromatic carbocycles. The molecule has 0 bridgehead atoms. The highest BCUT2D eigenvalue weighted by molar-refractivity contribution is 6.01. The van der Waals surface area contributed by atoms with E-state index in [9.17, 15) is 24.6 Å². The summed E-state index contributed by atoms with van der Waals surface area (Å²) >= 11 is 0. The Hall–Kier alpha value is -3.45. The summed E-state index contributed by atoms with van der Waals surface area (Å²) in [5, 5.41) is 18.5. The molecule has 0 fully saturated rings. The second-order valence-electron chi connectivity index (χ2n) is 6.25. The number of imide groups is 1. The summed E-state index contributed by atoms with van der Waals surface area (Å²) in [5.41, 5.74) is 4.04. The van der Waals surface area contributed by atoms with Gasteiger partial charge >= 0.3 is 12.1 Å². The molecule has 0 unspecified atom stereocenters. The van der Waals surface area contributed by atoms with Crippen LogP contribution in [-0.4, -0.2) is 52.3 Å². The van der Waals surface area contributed by atoms with Crippen molar-refractivity contribution in [3.05, 3.63) is 72.3 Å². The maximum atomic E-state index is 12.5. The van der Waals surface area contributed by atoms with Crippen molar-refractivity contribution in [2.45, 2.75) is 12.0 Å². The quantitative estimate of drug-likeness (QED) is 0.745. The van der Waals surface area contributed by atoms with Gasteiger partial charge in [0.2, 0.25) is 0 Å². The summed E-state index contributed by atoms with van der Waals surface area (Å²) in [4.78, 5) is 36.1. The van der Waals surface area contributed by atoms with Crippen LogP contribution in [0, 0.1) is 0 Å². The SMILES string of the molecule is C=CC(=O)N(C(=O)OCC1c2ccccc2-c2ccccc21)[C@@H](CO)C(=O)O. The molecule has 1 atom stereocenters. The number of carbonyl (C=O) groups is 3. The molecule has 2 amide bonds. The van der Waals surface area contributed by atoms with Crippen molar-refractivity contribution in [2.24, 2.45) is 0 Å². The Labute approximate surface area is 161 Å². The number of carboxylic acids is 1. The van der Waals surface area contributed by atoms with Crippen LogP contribution in [-0.2, 0) is 14.3 Å². The highest BCUT2D eigenvalue weighted by Crippen LogP contribution is 2.44. The molecule has 1 aliphatic carbocycles. The van der Waals surface area contributed by atoms with Gasteiger partial charge in [0.15, 0.2) is 6.04 Å². The first-order chi connectivity index (χ1) is 13.5. The van der Waals surface area contributed by atoms with E-state index >= 15 is 0 Å². The molecule has 7 heteroatoms. The molecule has 0 spiro atoms. The fourth-order valence-corrected chi connectivity index (χ4v) is 3.40. The molecule has 1 aliphatic rings. The molecular weight excluding hydrogens is 362 g/mol. The van der Waals surface area contributed by atoms with Gasteiger partial charge < -0.3 is 14.9 Å². The minimum Gasteiger partial charge on any atom is -0.480 e. The zero-order valence-corrected chi connectivity index (χ0v) is 14.9. The number of carboxylic acid groups (broad SMARTS) is 1. The lowest BCUT2D eigenvalue weighted by Gasteiger charge is -2.25. The van der Waals surface area contributed by atoms with E-state index in [1.807, 2.05) is 48.5 Å². The van der Waals surface area contributed by atoms with E-state index in [2.05, 4.69) is 6.58 Å². The Bertz CT molecular complexity index is 892. The number of rotatable bonds is 6. The molecule has 0 saturated carbocycles. The van der Waals surface area contributed by atoms with Gasteiger partial charge in [-0.1, -0.05) is 55.1 Å². The molecule has 7 nitrogen and oxygen atoms in total. The number of nitrogens with zero attached hydrogens (tertiary/aromatic N) is 1. The Morgan fingerprint density at radius 1 is 1.07 bits per heavy atom. The third-order valence-electron chi connectivity index (χ3n) is 4.71. The third kappa shape index (κ3) is 3.39. The van der Waals surface area contributed by atoms with Crippen LogP contribution in [0.2, 0.25) is 0 Å². The van der Waals surface area contributed by atoms with Gasteiger partial charge in [0.25, 0.3) is 5.91 Å². The summed E-state index contributed by atoms with van der Waals surface area (Å²) in [6, 6.07) is 13.7. The molecule has 0 aromatic heterocycles. The smallest absolute Gasteiger partial charge is 0.417 e. The fraction of sp³-hybridized carbons (Fsp3) is 0.190. The summed E-state index contributed by atoms with van der Waals surface area (Å²) in [6.07, 6.45) is -0.347. The van der Waals surface area contributed by atoms with Crippen molar-refractivity contribution in [3.63, 3.8) is 0 Å². The maximum absolute atomic E-state index is 12.5. The van der Waals surface area contributed by atoms with Crippen molar-refractivity contribution in [2.75, 3.05) is 13.2 Å². The van der Waals surface area contributed by atoms with Crippen LogP contribution in [0.25, 0.3) is 11.1 Å². The van der Waals surface area contributed by atoms with Crippen molar-refractivity contribution >= 4 is 18.0 Å². The van der Waals surface area contributed by atoms with Crippen LogP contribution in [0.3, 0.4) is 0 Å². The van der Waals surface area contributed by atoms with Crippen molar-refractivity contribution in [1.29, 1.82) is 0 Å². The van der Waals surface area contributed by atoms with Crippen LogP contribution in [0.5, 0.6) is 0 Å². The zero-order valence-electron chi connectivity index (χ0n) is 14.9. The van der Waals surface area contributed by atoms with Gasteiger partial charge in [-0.05, 0) is 28.3 Å². The van der Waals surface area contributed by atoms with Gasteiger partial charge in [-0.25, -0.2) is 14.5 Å². The van der Waals surface area contributed by atoms with Crippen molar-refractivity contribution in [1.82, 2.24) is 4.90 Å². The first-order valence-corrected chi connectivity index (χ1v) is 8.63. The summed E-state index contributed by atoms with van der Waals surface area (Å²) in [6.45, 7) is 2.25. The van der Waals surface area contributed by atoms with Gasteiger partial charge in [0.1, 0.15) is 6.61 Å². The lowest BCUT2D eigenvalue weighted by molar-refractivity contribution is -0.148. The molecule has 2 aromatic rings. The number of fused-ring (bicyclic) bond motifs is 3. The number of carbonyl (C=O) groups excluding carboxylic acids is 2. The normalized spacial score (nSPS) is 13.2. The van der Waals surface area contributed by atoms with Crippen LogP contribution in [0.15, 0.2) is 61.2 Å². The number of hydrogen-bond donors (Lipinski definition) is 2. The largest absolute Gasteiger partial charge is 0.480 e. The third-order valence-corrected chi connectivity index (χ3v) is 4.71. The van der Waals surface area contributed by atoms with E-state index in [0.29, 0.717) is 4.90 Å². The molecule has 144 valence electrons. The topological polar surface area (TPSA) is 104 Å². The molecular formula is C21H19NO6. The zero-order chi connectivity index (χ0) is 20.3. The van der Waals surface area contributed by atoms with E-state index in [4.69, 9.17) is 4.74 Å². The Morgan fingerprint density at radius 3 is 2.07 bits per heavy atom. The van der Waals surface area contributed by atoms with E-state index < -0.39 is 30.6 Å². The Kier molecular flexibility index (Phi) is 5.56. The number of aliphatic carboxylic acids is 1. The predicted molar refractivity (Wildman–Crippen MR) is 101 cm³/mol. The van der Waals surface area contributed by atoms with Gasteiger partial charge in [-0.15, -0.1) is 0 Å². The number of amides is 2. The second kappa shape index (κ2) is 8.06. The van der Waals surface area contributed by atoms with E-state index in [1.165, 1.54) is 0 Å². The Morgan fingerprint density at radius 2 is 1.61 bits per heavy atom. The van der Waals surface area contributed by atoms with Crippen LogP contribution < -0.4 is 0 Å². The predicted octanol–water partition coefficient (Wildman–Crippen LogP) is 2.40. The second-order valence-corrected chi connectivity index (χ2v) is 6.25. The number of aliphatic hydroxyl groups is 1. The van der Waals surface area contributed by atoms with Crippen molar-refractivity contribution < 1.29 is 29.3 Å². The van der Waals surface area contributed by atoms with Crippen LogP contribution >= 0.6 is 0 Å². The van der Waals surface area contributed by atoms with E-state index in [0.717, 1.165) is 28.3 Å². The van der Waals surface area contributed by atoms with Crippen molar-refractivity contribution in [3.8, 4) is 11.1 Å². The number of benzene rings is 2. The minimum atomic E-state index is -1.75. The summed E-state index contributed by atoms with van der Waals surface area (Å²) in [7, 11) is 0. The molecule has 3 rings (SSSR count). The molecule has 0 aliphatic heterocycles. The van der Waals surface area contributed by atoms with Gasteiger partial charge in [0, 0.05) is 5.92 Å². The molecule has 0 radical (unpaired) electrons. The van der Waals surface area contributed by atoms with Gasteiger partial charge in [0.05, 0.1) is 6.61 Å². The number of aliphatic hydroxyl groups excluding tert-OH is 1. The number of hydrogen-bond acceptors (Lipinski definition) is 5. The average molecular weight is 381 g/mol. The fourth-order valence-electron chi connectivity index (χ4n) is 3.40. The van der Waals surface area contributed by atoms with E-state index in [1.54, 1.807) is 0 Å². The first kappa shape index (κ1) is 19.3. The minimum absolute atomic E-state index is 0.0778. The van der Waals surface area contributed by atoms with E-state index in [-0.39, 0.29) is 12.5 Å². The monoisotopic (exact) mass is 381 g/mol. The molecule has 2 N–H and O–H groups in total. The Balaban J connectivity index is 1.84. The highest BCUT2D eigenvalue weighted by Gasteiger charge is 2.36. The lowest BCUT2D eigenvalue weighted by atomic mass is 9.98.